The summed E-state index contributed by atoms with van der Waals surface area (Å²) in [6.45, 7) is 13.6. The van der Waals surface area contributed by atoms with Crippen LogP contribution in [0.1, 0.15) is 52.7 Å². The summed E-state index contributed by atoms with van der Waals surface area (Å²) in [6.07, 6.45) is 0. The molecule has 0 bridgehead atoms. The number of para-hydroxylation sites is 3. The first-order valence-corrected chi connectivity index (χ1v) is 16.1. The molecule has 5 heteroatoms. The van der Waals surface area contributed by atoms with Crippen LogP contribution in [0.3, 0.4) is 0 Å². The van der Waals surface area contributed by atoms with Gasteiger partial charge in [-0.05, 0) is 88.7 Å². The van der Waals surface area contributed by atoms with E-state index >= 15 is 0 Å². The summed E-state index contributed by atoms with van der Waals surface area (Å²) >= 11 is 0. The summed E-state index contributed by atoms with van der Waals surface area (Å²) in [7, 11) is 2.10. The van der Waals surface area contributed by atoms with Gasteiger partial charge in [-0.2, -0.15) is 0 Å². The third-order valence-electron chi connectivity index (χ3n) is 9.38. The van der Waals surface area contributed by atoms with E-state index in [1.807, 2.05) is 6.07 Å². The summed E-state index contributed by atoms with van der Waals surface area (Å²) in [6, 6.07) is 37.1. The van der Waals surface area contributed by atoms with Crippen LogP contribution in [0.15, 0.2) is 103 Å². The predicted octanol–water partition coefficient (Wildman–Crippen LogP) is 10.5. The number of hydrogen-bond acceptors (Lipinski definition) is 2. The quantitative estimate of drug-likeness (QED) is 0.219. The van der Waals surface area contributed by atoms with E-state index in [4.69, 9.17) is 9.97 Å². The molecule has 4 aromatic carbocycles. The lowest BCUT2D eigenvalue weighted by atomic mass is 9.84. The Morgan fingerprint density at radius 3 is 2.11 bits per heavy atom. The number of benzene rings is 4. The van der Waals surface area contributed by atoms with E-state index < -0.39 is 0 Å². The highest BCUT2D eigenvalue weighted by Crippen LogP contribution is 2.38. The smallest absolute Gasteiger partial charge is 0.147 e. The molecule has 0 aliphatic carbocycles. The first-order chi connectivity index (χ1) is 22.0. The Hall–Kier alpha value is -5.16. The van der Waals surface area contributed by atoms with Gasteiger partial charge in [0.05, 0.1) is 22.2 Å². The van der Waals surface area contributed by atoms with Crippen LogP contribution < -0.4 is 0 Å². The molecule has 5 nitrogen and oxygen atoms in total. The van der Waals surface area contributed by atoms with Crippen LogP contribution in [0.4, 0.5) is 0 Å². The van der Waals surface area contributed by atoms with E-state index in [1.165, 1.54) is 21.9 Å². The molecule has 228 valence electrons. The number of aromatic amines is 1. The lowest BCUT2D eigenvalue weighted by Crippen LogP contribution is -2.11. The van der Waals surface area contributed by atoms with Crippen molar-refractivity contribution in [2.45, 2.75) is 52.4 Å². The maximum absolute atomic E-state index is 5.46. The van der Waals surface area contributed by atoms with Gasteiger partial charge in [0.25, 0.3) is 0 Å². The molecule has 0 amide bonds. The zero-order valence-corrected chi connectivity index (χ0v) is 27.6. The van der Waals surface area contributed by atoms with Gasteiger partial charge in [-0.1, -0.05) is 77.9 Å². The molecule has 8 rings (SSSR count). The molecule has 8 aromatic rings. The number of nitrogens with zero attached hydrogens (tertiary/aromatic N) is 4. The van der Waals surface area contributed by atoms with Crippen molar-refractivity contribution < 1.29 is 0 Å². The van der Waals surface area contributed by atoms with Crippen molar-refractivity contribution in [3.63, 3.8) is 0 Å². The molecule has 0 unspecified atom stereocenters. The van der Waals surface area contributed by atoms with Crippen molar-refractivity contribution in [1.82, 2.24) is 24.1 Å². The van der Waals surface area contributed by atoms with E-state index in [0.717, 1.165) is 61.6 Å². The minimum Gasteiger partial charge on any atom is -0.341 e. The van der Waals surface area contributed by atoms with E-state index in [-0.39, 0.29) is 10.8 Å². The summed E-state index contributed by atoms with van der Waals surface area (Å²) in [5, 5.41) is 3.54. The number of pyridine rings is 1. The van der Waals surface area contributed by atoms with Crippen molar-refractivity contribution in [1.29, 1.82) is 0 Å². The molecule has 4 heterocycles. The Morgan fingerprint density at radius 1 is 0.609 bits per heavy atom. The standard InChI is InChI=1S/C41H39N5/c1-40(2,3)28-16-19-35-31(24-28)30-17-18-33(43-39(30)46(35)37-23-25-12-8-9-13-32(25)42-37)26-20-27(22-29(21-26)41(4,5)6)38-44-34-14-10-11-15-36(34)45(38)7/h8-24,42H,1-7H3. The Kier molecular flexibility index (Phi) is 6.11. The lowest BCUT2D eigenvalue weighted by Gasteiger charge is -2.21. The second-order valence-corrected chi connectivity index (χ2v) is 14.7. The van der Waals surface area contributed by atoms with Gasteiger partial charge >= 0.3 is 0 Å². The summed E-state index contributed by atoms with van der Waals surface area (Å²) in [5.41, 5.74) is 11.0. The largest absolute Gasteiger partial charge is 0.341 e. The van der Waals surface area contributed by atoms with Crippen LogP contribution in [-0.2, 0) is 17.9 Å². The Balaban J connectivity index is 1.39. The molecule has 0 fully saturated rings. The Labute approximate surface area is 269 Å². The zero-order valence-electron chi connectivity index (χ0n) is 27.6. The van der Waals surface area contributed by atoms with Gasteiger partial charge in [0, 0.05) is 39.8 Å². The summed E-state index contributed by atoms with van der Waals surface area (Å²) < 4.78 is 4.48. The molecule has 0 aliphatic heterocycles. The van der Waals surface area contributed by atoms with Gasteiger partial charge in [0.2, 0.25) is 0 Å². The van der Waals surface area contributed by atoms with Crippen molar-refractivity contribution in [2.75, 3.05) is 0 Å². The second-order valence-electron chi connectivity index (χ2n) is 14.7. The minimum atomic E-state index is -0.0535. The highest BCUT2D eigenvalue weighted by molar-refractivity contribution is 6.09. The summed E-state index contributed by atoms with van der Waals surface area (Å²) in [5.74, 6) is 1.97. The highest BCUT2D eigenvalue weighted by Gasteiger charge is 2.22. The van der Waals surface area contributed by atoms with Crippen LogP contribution in [0.25, 0.3) is 72.3 Å². The first kappa shape index (κ1) is 28.3. The number of aryl methyl sites for hydroxylation is 1. The van der Waals surface area contributed by atoms with Crippen LogP contribution in [0.5, 0.6) is 0 Å². The monoisotopic (exact) mass is 601 g/mol. The van der Waals surface area contributed by atoms with Gasteiger partial charge < -0.3 is 9.55 Å². The van der Waals surface area contributed by atoms with Crippen LogP contribution in [-0.4, -0.2) is 24.1 Å². The number of aromatic nitrogens is 5. The molecule has 0 aliphatic rings. The fraction of sp³-hybridized carbons (Fsp3) is 0.220. The number of rotatable bonds is 3. The molecule has 46 heavy (non-hydrogen) atoms. The topological polar surface area (TPSA) is 51.4 Å². The molecule has 0 spiro atoms. The zero-order chi connectivity index (χ0) is 32.0. The van der Waals surface area contributed by atoms with Crippen molar-refractivity contribution in [3.05, 3.63) is 114 Å². The van der Waals surface area contributed by atoms with E-state index in [1.54, 1.807) is 0 Å². The number of nitrogens with one attached hydrogen (secondary N) is 1. The molecule has 1 N–H and O–H groups in total. The first-order valence-electron chi connectivity index (χ1n) is 16.1. The van der Waals surface area contributed by atoms with Gasteiger partial charge in [-0.25, -0.2) is 9.97 Å². The van der Waals surface area contributed by atoms with Crippen LogP contribution in [0.2, 0.25) is 0 Å². The lowest BCUT2D eigenvalue weighted by molar-refractivity contribution is 0.590. The van der Waals surface area contributed by atoms with Crippen molar-refractivity contribution >= 4 is 43.9 Å². The van der Waals surface area contributed by atoms with Crippen LogP contribution in [0, 0.1) is 0 Å². The van der Waals surface area contributed by atoms with Gasteiger partial charge in [0.15, 0.2) is 0 Å². The average molecular weight is 602 g/mol. The van der Waals surface area contributed by atoms with Crippen LogP contribution >= 0.6 is 0 Å². The van der Waals surface area contributed by atoms with E-state index in [0.29, 0.717) is 0 Å². The number of hydrogen-bond donors (Lipinski definition) is 1. The molecule has 4 aromatic heterocycles. The third-order valence-corrected chi connectivity index (χ3v) is 9.38. The SMILES string of the molecule is Cn1c(-c2cc(-c3ccc4c5cc(C(C)(C)C)ccc5n(-c5cc6ccccc6[nH]5)c4n3)cc(C(C)(C)C)c2)nc2ccccc21. The normalized spacial score (nSPS) is 12.7. The minimum absolute atomic E-state index is 0.0384. The molecule has 0 saturated heterocycles. The molecule has 0 atom stereocenters. The maximum Gasteiger partial charge on any atom is 0.147 e. The van der Waals surface area contributed by atoms with E-state index in [2.05, 4.69) is 160 Å². The number of imidazole rings is 1. The molecular weight excluding hydrogens is 562 g/mol. The fourth-order valence-electron chi connectivity index (χ4n) is 6.68. The number of fused-ring (bicyclic) bond motifs is 5. The Morgan fingerprint density at radius 2 is 1.35 bits per heavy atom. The highest BCUT2D eigenvalue weighted by atomic mass is 15.1. The average Bonchev–Trinajstić information content (AvgIpc) is 3.70. The second kappa shape index (κ2) is 9.92. The van der Waals surface area contributed by atoms with Gasteiger partial charge in [-0.15, -0.1) is 0 Å². The maximum atomic E-state index is 5.46. The molecule has 0 radical (unpaired) electrons. The van der Waals surface area contributed by atoms with Crippen molar-refractivity contribution in [3.8, 4) is 28.5 Å². The van der Waals surface area contributed by atoms with Crippen molar-refractivity contribution in [2.24, 2.45) is 7.05 Å². The fourth-order valence-corrected chi connectivity index (χ4v) is 6.68. The summed E-state index contributed by atoms with van der Waals surface area (Å²) in [4.78, 5) is 14.2. The Bertz CT molecular complexity index is 2420. The van der Waals surface area contributed by atoms with E-state index in [9.17, 15) is 0 Å². The number of H-pyrrole nitrogens is 1. The molecule has 0 saturated carbocycles. The predicted molar refractivity (Wildman–Crippen MR) is 193 cm³/mol. The van der Waals surface area contributed by atoms with Gasteiger partial charge in [0.1, 0.15) is 17.3 Å². The molecular formula is C41H39N5. The van der Waals surface area contributed by atoms with Gasteiger partial charge in [-0.3, -0.25) is 4.57 Å². The third kappa shape index (κ3) is 4.53.